The molecule has 0 bridgehead atoms. The van der Waals surface area contributed by atoms with E-state index in [1.165, 1.54) is 6.42 Å². The lowest BCUT2D eigenvalue weighted by Gasteiger charge is -2.31. The van der Waals surface area contributed by atoms with Gasteiger partial charge in [-0.1, -0.05) is 34.6 Å². The molecule has 80 valence electrons. The van der Waals surface area contributed by atoms with Gasteiger partial charge in [0.2, 0.25) is 0 Å². The second kappa shape index (κ2) is 4.99. The Balaban J connectivity index is 3.85. The van der Waals surface area contributed by atoms with Crippen molar-refractivity contribution in [2.24, 2.45) is 11.3 Å². The zero-order chi connectivity index (χ0) is 10.6. The fourth-order valence-electron chi connectivity index (χ4n) is 1.45. The van der Waals surface area contributed by atoms with E-state index in [9.17, 15) is 0 Å². The molecular weight excluding hydrogens is 158 g/mol. The molecule has 0 heterocycles. The fourth-order valence-corrected chi connectivity index (χ4v) is 1.45. The number of rotatable bonds is 4. The van der Waals surface area contributed by atoms with Crippen LogP contribution in [0.2, 0.25) is 0 Å². The van der Waals surface area contributed by atoms with Crippen LogP contribution in [0.4, 0.5) is 0 Å². The Morgan fingerprint density at radius 2 is 1.46 bits per heavy atom. The van der Waals surface area contributed by atoms with Gasteiger partial charge in [0.05, 0.1) is 0 Å². The fraction of sp³-hybridized carbons (Fsp3) is 1.00. The molecule has 0 aromatic rings. The Bertz CT molecular complexity index is 133. The van der Waals surface area contributed by atoms with Crippen LogP contribution in [0.1, 0.15) is 54.9 Å². The summed E-state index contributed by atoms with van der Waals surface area (Å²) in [5.74, 6) is 0.787. The summed E-state index contributed by atoms with van der Waals surface area (Å²) in [7, 11) is 0. The summed E-state index contributed by atoms with van der Waals surface area (Å²) in [5.41, 5.74) is 0.366. The van der Waals surface area contributed by atoms with Crippen molar-refractivity contribution < 1.29 is 0 Å². The first kappa shape index (κ1) is 13.0. The summed E-state index contributed by atoms with van der Waals surface area (Å²) in [6, 6.07) is 1.22. The normalized spacial score (nSPS) is 17.5. The maximum atomic E-state index is 3.65. The molecule has 13 heavy (non-hydrogen) atoms. The Kier molecular flexibility index (Phi) is 4.98. The van der Waals surface area contributed by atoms with Gasteiger partial charge < -0.3 is 5.32 Å². The molecule has 0 amide bonds. The molecule has 0 fully saturated rings. The van der Waals surface area contributed by atoms with Gasteiger partial charge in [0.25, 0.3) is 0 Å². The van der Waals surface area contributed by atoms with Gasteiger partial charge in [-0.05, 0) is 31.6 Å². The van der Waals surface area contributed by atoms with Crippen molar-refractivity contribution in [3.05, 3.63) is 0 Å². The van der Waals surface area contributed by atoms with Crippen molar-refractivity contribution in [2.45, 2.75) is 67.0 Å². The largest absolute Gasteiger partial charge is 0.311 e. The molecule has 0 aliphatic heterocycles. The van der Waals surface area contributed by atoms with Crippen LogP contribution in [-0.4, -0.2) is 12.1 Å². The lowest BCUT2D eigenvalue weighted by Crippen LogP contribution is -2.43. The van der Waals surface area contributed by atoms with Crippen LogP contribution in [0.15, 0.2) is 0 Å². The molecule has 0 aliphatic rings. The molecule has 0 spiro atoms. The molecule has 0 rings (SSSR count). The highest BCUT2D eigenvalue weighted by Gasteiger charge is 2.21. The van der Waals surface area contributed by atoms with E-state index < -0.39 is 0 Å². The standard InChI is InChI=1S/C12H27N/c1-9(2)8-10(3)13-11(4)12(5,6)7/h9-11,13H,8H2,1-7H3. The summed E-state index contributed by atoms with van der Waals surface area (Å²) < 4.78 is 0. The van der Waals surface area contributed by atoms with E-state index in [0.717, 1.165) is 5.92 Å². The quantitative estimate of drug-likeness (QED) is 0.707. The Labute approximate surface area is 84.3 Å². The van der Waals surface area contributed by atoms with E-state index in [1.54, 1.807) is 0 Å². The van der Waals surface area contributed by atoms with E-state index in [-0.39, 0.29) is 0 Å². The molecule has 2 unspecified atom stereocenters. The van der Waals surface area contributed by atoms with Crippen molar-refractivity contribution in [2.75, 3.05) is 0 Å². The molecule has 2 atom stereocenters. The predicted molar refractivity (Wildman–Crippen MR) is 61.0 cm³/mol. The summed E-state index contributed by atoms with van der Waals surface area (Å²) in [6.07, 6.45) is 1.26. The smallest absolute Gasteiger partial charge is 0.00897 e. The van der Waals surface area contributed by atoms with Gasteiger partial charge in [0.15, 0.2) is 0 Å². The van der Waals surface area contributed by atoms with Gasteiger partial charge in [-0.2, -0.15) is 0 Å². The first-order valence-corrected chi connectivity index (χ1v) is 5.49. The van der Waals surface area contributed by atoms with Gasteiger partial charge >= 0.3 is 0 Å². The van der Waals surface area contributed by atoms with Gasteiger partial charge in [-0.15, -0.1) is 0 Å². The number of hydrogen-bond acceptors (Lipinski definition) is 1. The monoisotopic (exact) mass is 185 g/mol. The zero-order valence-corrected chi connectivity index (χ0v) is 10.4. The zero-order valence-electron chi connectivity index (χ0n) is 10.4. The summed E-state index contributed by atoms with van der Waals surface area (Å²) >= 11 is 0. The average Bonchev–Trinajstić information content (AvgIpc) is 1.82. The van der Waals surface area contributed by atoms with E-state index in [1.807, 2.05) is 0 Å². The molecule has 0 saturated carbocycles. The molecule has 1 N–H and O–H groups in total. The molecule has 0 aromatic carbocycles. The van der Waals surface area contributed by atoms with Crippen LogP contribution in [0.5, 0.6) is 0 Å². The highest BCUT2D eigenvalue weighted by atomic mass is 14.9. The minimum atomic E-state index is 0.366. The topological polar surface area (TPSA) is 12.0 Å². The van der Waals surface area contributed by atoms with Crippen LogP contribution in [0, 0.1) is 11.3 Å². The first-order valence-electron chi connectivity index (χ1n) is 5.49. The van der Waals surface area contributed by atoms with Gasteiger partial charge in [0, 0.05) is 12.1 Å². The van der Waals surface area contributed by atoms with Crippen LogP contribution >= 0.6 is 0 Å². The van der Waals surface area contributed by atoms with Crippen molar-refractivity contribution >= 4 is 0 Å². The second-order valence-electron chi connectivity index (χ2n) is 5.78. The van der Waals surface area contributed by atoms with Crippen LogP contribution < -0.4 is 5.32 Å². The molecule has 1 nitrogen and oxygen atoms in total. The first-order chi connectivity index (χ1) is 5.73. The number of hydrogen-bond donors (Lipinski definition) is 1. The third kappa shape index (κ3) is 6.09. The van der Waals surface area contributed by atoms with Gasteiger partial charge in [0.1, 0.15) is 0 Å². The number of nitrogens with one attached hydrogen (secondary N) is 1. The molecular formula is C12H27N. The molecule has 0 aromatic heterocycles. The van der Waals surface area contributed by atoms with Crippen LogP contribution in [0.3, 0.4) is 0 Å². The van der Waals surface area contributed by atoms with E-state index in [2.05, 4.69) is 53.8 Å². The Hall–Kier alpha value is -0.0400. The van der Waals surface area contributed by atoms with Crippen molar-refractivity contribution in [1.82, 2.24) is 5.32 Å². The highest BCUT2D eigenvalue weighted by Crippen LogP contribution is 2.19. The Morgan fingerprint density at radius 1 is 1.00 bits per heavy atom. The summed E-state index contributed by atoms with van der Waals surface area (Å²) in [5, 5.41) is 3.65. The lowest BCUT2D eigenvalue weighted by molar-refractivity contribution is 0.256. The minimum Gasteiger partial charge on any atom is -0.311 e. The highest BCUT2D eigenvalue weighted by molar-refractivity contribution is 4.78. The predicted octanol–water partition coefficient (Wildman–Crippen LogP) is 3.45. The Morgan fingerprint density at radius 3 is 1.77 bits per heavy atom. The maximum Gasteiger partial charge on any atom is 0.00897 e. The summed E-state index contributed by atoms with van der Waals surface area (Å²) in [4.78, 5) is 0. The van der Waals surface area contributed by atoms with Crippen LogP contribution in [-0.2, 0) is 0 Å². The molecule has 0 aliphatic carbocycles. The maximum absolute atomic E-state index is 3.65. The van der Waals surface area contributed by atoms with Gasteiger partial charge in [-0.3, -0.25) is 0 Å². The molecule has 0 radical (unpaired) electrons. The van der Waals surface area contributed by atoms with Crippen LogP contribution in [0.25, 0.3) is 0 Å². The van der Waals surface area contributed by atoms with Gasteiger partial charge in [-0.25, -0.2) is 0 Å². The van der Waals surface area contributed by atoms with E-state index in [0.29, 0.717) is 17.5 Å². The third-order valence-corrected chi connectivity index (χ3v) is 2.66. The summed E-state index contributed by atoms with van der Waals surface area (Å²) in [6.45, 7) is 16.0. The van der Waals surface area contributed by atoms with Crippen molar-refractivity contribution in [1.29, 1.82) is 0 Å². The lowest BCUT2D eigenvalue weighted by atomic mass is 9.87. The van der Waals surface area contributed by atoms with Crippen molar-refractivity contribution in [3.63, 3.8) is 0 Å². The molecule has 0 saturated heterocycles. The SMILES string of the molecule is CC(C)CC(C)NC(C)C(C)(C)C. The van der Waals surface area contributed by atoms with E-state index in [4.69, 9.17) is 0 Å². The van der Waals surface area contributed by atoms with E-state index >= 15 is 0 Å². The van der Waals surface area contributed by atoms with Crippen molar-refractivity contribution in [3.8, 4) is 0 Å². The minimum absolute atomic E-state index is 0.366. The molecule has 1 heteroatoms. The average molecular weight is 185 g/mol. The second-order valence-corrected chi connectivity index (χ2v) is 5.78. The third-order valence-electron chi connectivity index (χ3n) is 2.66.